The van der Waals surface area contributed by atoms with Crippen molar-refractivity contribution in [3.05, 3.63) is 70.3 Å². The van der Waals surface area contributed by atoms with Gasteiger partial charge in [0.2, 0.25) is 0 Å². The molecule has 0 saturated carbocycles. The Balaban J connectivity index is 2.47. The molecule has 0 amide bonds. The summed E-state index contributed by atoms with van der Waals surface area (Å²) in [7, 11) is 0. The highest BCUT2D eigenvalue weighted by atomic mass is 16.1. The highest BCUT2D eigenvalue weighted by Crippen LogP contribution is 2.19. The zero-order valence-electron chi connectivity index (χ0n) is 11.4. The van der Waals surface area contributed by atoms with Gasteiger partial charge in [0.05, 0.1) is 0 Å². The molecule has 0 unspecified atom stereocenters. The molecule has 2 N–H and O–H groups in total. The first-order chi connectivity index (χ1) is 9.15. The lowest BCUT2D eigenvalue weighted by Crippen LogP contribution is -2.11. The third kappa shape index (κ3) is 2.74. The molecule has 2 aromatic carbocycles. The molecule has 0 aliphatic heterocycles. The number of nitrogens with two attached hydrogens (primary N) is 1. The summed E-state index contributed by atoms with van der Waals surface area (Å²) >= 11 is 0. The molecule has 2 nitrogen and oxygen atoms in total. The molecular weight excluding hydrogens is 234 g/mol. The van der Waals surface area contributed by atoms with Crippen LogP contribution in [0.5, 0.6) is 0 Å². The Kier molecular flexibility index (Phi) is 4.13. The molecule has 0 aliphatic carbocycles. The monoisotopic (exact) mass is 253 g/mol. The van der Waals surface area contributed by atoms with Gasteiger partial charge in [-0.25, -0.2) is 0 Å². The molecule has 0 bridgehead atoms. The van der Waals surface area contributed by atoms with Crippen LogP contribution in [-0.2, 0) is 6.42 Å². The van der Waals surface area contributed by atoms with Crippen LogP contribution in [0.1, 0.15) is 32.6 Å². The number of hydrogen-bond acceptors (Lipinski definition) is 2. The number of aryl methyl sites for hydroxylation is 1. The second-order valence-corrected chi connectivity index (χ2v) is 4.77. The fourth-order valence-corrected chi connectivity index (χ4v) is 2.26. The molecule has 0 atom stereocenters. The Hall–Kier alpha value is -1.93. The van der Waals surface area contributed by atoms with Crippen molar-refractivity contribution >= 4 is 5.78 Å². The maximum atomic E-state index is 12.7. The van der Waals surface area contributed by atoms with Gasteiger partial charge in [0, 0.05) is 11.1 Å². The average Bonchev–Trinajstić information content (AvgIpc) is 2.42. The largest absolute Gasteiger partial charge is 0.330 e. The molecular formula is C17H19NO. The van der Waals surface area contributed by atoms with Gasteiger partial charge in [-0.05, 0) is 43.5 Å². The van der Waals surface area contributed by atoms with Crippen molar-refractivity contribution in [3.8, 4) is 0 Å². The topological polar surface area (TPSA) is 43.1 Å². The molecule has 98 valence electrons. The van der Waals surface area contributed by atoms with E-state index in [1.54, 1.807) is 0 Å². The smallest absolute Gasteiger partial charge is 0.193 e. The van der Waals surface area contributed by atoms with Crippen molar-refractivity contribution in [2.45, 2.75) is 20.3 Å². The Morgan fingerprint density at radius 1 is 1.00 bits per heavy atom. The van der Waals surface area contributed by atoms with Gasteiger partial charge in [-0.3, -0.25) is 4.79 Å². The van der Waals surface area contributed by atoms with Crippen molar-refractivity contribution < 1.29 is 4.79 Å². The summed E-state index contributed by atoms with van der Waals surface area (Å²) in [6.45, 7) is 4.57. The van der Waals surface area contributed by atoms with Crippen LogP contribution in [0.2, 0.25) is 0 Å². The standard InChI is InChI=1S/C17H19NO/c1-12-6-5-9-15(13(12)2)17(19)16-8-4-3-7-14(16)10-11-18/h3-9H,10-11,18H2,1-2H3. The zero-order valence-corrected chi connectivity index (χ0v) is 11.4. The first kappa shape index (κ1) is 13.5. The van der Waals surface area contributed by atoms with Gasteiger partial charge in [0.15, 0.2) is 5.78 Å². The Morgan fingerprint density at radius 3 is 2.42 bits per heavy atom. The molecule has 0 fully saturated rings. The maximum Gasteiger partial charge on any atom is 0.193 e. The van der Waals surface area contributed by atoms with Crippen LogP contribution >= 0.6 is 0 Å². The quantitative estimate of drug-likeness (QED) is 0.851. The van der Waals surface area contributed by atoms with Crippen LogP contribution in [0, 0.1) is 13.8 Å². The number of carbonyl (C=O) groups is 1. The van der Waals surface area contributed by atoms with Crippen LogP contribution < -0.4 is 5.73 Å². The highest BCUT2D eigenvalue weighted by molar-refractivity contribution is 6.10. The molecule has 2 aromatic rings. The molecule has 2 heteroatoms. The van der Waals surface area contributed by atoms with E-state index in [2.05, 4.69) is 0 Å². The zero-order chi connectivity index (χ0) is 13.8. The Labute approximate surface area is 114 Å². The van der Waals surface area contributed by atoms with Gasteiger partial charge in [-0.15, -0.1) is 0 Å². The third-order valence-corrected chi connectivity index (χ3v) is 3.52. The van der Waals surface area contributed by atoms with Crippen molar-refractivity contribution in [2.24, 2.45) is 5.73 Å². The fourth-order valence-electron chi connectivity index (χ4n) is 2.26. The van der Waals surface area contributed by atoms with E-state index in [1.807, 2.05) is 56.3 Å². The summed E-state index contributed by atoms with van der Waals surface area (Å²) in [6, 6.07) is 13.6. The second-order valence-electron chi connectivity index (χ2n) is 4.77. The summed E-state index contributed by atoms with van der Waals surface area (Å²) < 4.78 is 0. The predicted octanol–water partition coefficient (Wildman–Crippen LogP) is 3.04. The van der Waals surface area contributed by atoms with Crippen LogP contribution in [0.25, 0.3) is 0 Å². The number of rotatable bonds is 4. The van der Waals surface area contributed by atoms with Crippen LogP contribution in [-0.4, -0.2) is 12.3 Å². The van der Waals surface area contributed by atoms with E-state index in [4.69, 9.17) is 5.73 Å². The molecule has 19 heavy (non-hydrogen) atoms. The van der Waals surface area contributed by atoms with Gasteiger partial charge >= 0.3 is 0 Å². The molecule has 0 aliphatic rings. The summed E-state index contributed by atoms with van der Waals surface area (Å²) in [5.41, 5.74) is 10.4. The van der Waals surface area contributed by atoms with E-state index in [0.29, 0.717) is 6.54 Å². The summed E-state index contributed by atoms with van der Waals surface area (Å²) in [5.74, 6) is 0.0882. The van der Waals surface area contributed by atoms with Gasteiger partial charge < -0.3 is 5.73 Å². The van der Waals surface area contributed by atoms with Crippen molar-refractivity contribution in [1.82, 2.24) is 0 Å². The maximum absolute atomic E-state index is 12.7. The first-order valence-electron chi connectivity index (χ1n) is 6.54. The van der Waals surface area contributed by atoms with Crippen molar-refractivity contribution in [3.63, 3.8) is 0 Å². The summed E-state index contributed by atoms with van der Waals surface area (Å²) in [5, 5.41) is 0. The average molecular weight is 253 g/mol. The number of benzene rings is 2. The second kappa shape index (κ2) is 5.81. The van der Waals surface area contributed by atoms with Gasteiger partial charge in [-0.1, -0.05) is 42.5 Å². The SMILES string of the molecule is Cc1cccc(C(=O)c2ccccc2CCN)c1C. The third-order valence-electron chi connectivity index (χ3n) is 3.52. The fraction of sp³-hybridized carbons (Fsp3) is 0.235. The minimum absolute atomic E-state index is 0.0882. The van der Waals surface area contributed by atoms with Crippen molar-refractivity contribution in [2.75, 3.05) is 6.54 Å². The van der Waals surface area contributed by atoms with E-state index >= 15 is 0 Å². The van der Waals surface area contributed by atoms with E-state index in [-0.39, 0.29) is 5.78 Å². The molecule has 2 rings (SSSR count). The van der Waals surface area contributed by atoms with Crippen LogP contribution in [0.15, 0.2) is 42.5 Å². The first-order valence-corrected chi connectivity index (χ1v) is 6.54. The van der Waals surface area contributed by atoms with Crippen LogP contribution in [0.4, 0.5) is 0 Å². The normalized spacial score (nSPS) is 10.5. The van der Waals surface area contributed by atoms with E-state index in [0.717, 1.165) is 34.2 Å². The van der Waals surface area contributed by atoms with Gasteiger partial charge in [0.25, 0.3) is 0 Å². The van der Waals surface area contributed by atoms with E-state index in [9.17, 15) is 4.79 Å². The van der Waals surface area contributed by atoms with Crippen LogP contribution in [0.3, 0.4) is 0 Å². The minimum atomic E-state index is 0.0882. The highest BCUT2D eigenvalue weighted by Gasteiger charge is 2.15. The number of carbonyl (C=O) groups excluding carboxylic acids is 1. The van der Waals surface area contributed by atoms with E-state index < -0.39 is 0 Å². The van der Waals surface area contributed by atoms with E-state index in [1.165, 1.54) is 0 Å². The minimum Gasteiger partial charge on any atom is -0.330 e. The number of hydrogen-bond donors (Lipinski definition) is 1. The lowest BCUT2D eigenvalue weighted by molar-refractivity contribution is 0.103. The lowest BCUT2D eigenvalue weighted by atomic mass is 9.92. The molecule has 0 spiro atoms. The summed E-state index contributed by atoms with van der Waals surface area (Å²) in [6.07, 6.45) is 0.729. The molecule has 0 heterocycles. The van der Waals surface area contributed by atoms with Gasteiger partial charge in [-0.2, -0.15) is 0 Å². The Bertz CT molecular complexity index is 602. The van der Waals surface area contributed by atoms with Gasteiger partial charge in [0.1, 0.15) is 0 Å². The molecule has 0 saturated heterocycles. The Morgan fingerprint density at radius 2 is 1.68 bits per heavy atom. The lowest BCUT2D eigenvalue weighted by Gasteiger charge is -2.11. The number of ketones is 1. The molecule has 0 radical (unpaired) electrons. The van der Waals surface area contributed by atoms with Crippen molar-refractivity contribution in [1.29, 1.82) is 0 Å². The molecule has 0 aromatic heterocycles. The predicted molar refractivity (Wildman–Crippen MR) is 78.5 cm³/mol. The summed E-state index contributed by atoms with van der Waals surface area (Å²) in [4.78, 5) is 12.7.